The van der Waals surface area contributed by atoms with Crippen LogP contribution in [0.1, 0.15) is 55.1 Å². The zero-order chi connectivity index (χ0) is 23.7. The molecule has 0 spiro atoms. The molecule has 1 unspecified atom stereocenters. The van der Waals surface area contributed by atoms with Crippen LogP contribution in [-0.4, -0.2) is 45.7 Å². The number of aryl methyl sites for hydroxylation is 2. The van der Waals surface area contributed by atoms with Gasteiger partial charge in [-0.15, -0.1) is 0 Å². The first-order valence-electron chi connectivity index (χ1n) is 9.60. The van der Waals surface area contributed by atoms with Gasteiger partial charge in [-0.05, 0) is 57.5 Å². The summed E-state index contributed by atoms with van der Waals surface area (Å²) in [4.78, 5) is 40.5. The molecule has 2 heterocycles. The number of aromatic nitrogens is 3. The SMILES string of the molecule is COC(=O)c1c(C)[nH]c(C(=O)C(C)OC(=O)c2c(C)nn(-c3ccc(F)cc3)c2Cl)c1C. The number of nitrogens with zero attached hydrogens (tertiary/aromatic N) is 2. The Morgan fingerprint density at radius 2 is 1.72 bits per heavy atom. The molecule has 3 rings (SSSR count). The number of carbonyl (C=O) groups is 3. The number of nitrogens with one attached hydrogen (secondary N) is 1. The number of halogens is 2. The third-order valence-electron chi connectivity index (χ3n) is 5.01. The van der Waals surface area contributed by atoms with Crippen LogP contribution in [0.25, 0.3) is 5.69 Å². The number of ketones is 1. The maximum Gasteiger partial charge on any atom is 0.343 e. The first-order chi connectivity index (χ1) is 15.1. The van der Waals surface area contributed by atoms with Crippen LogP contribution in [-0.2, 0) is 9.47 Å². The van der Waals surface area contributed by atoms with Gasteiger partial charge in [0.25, 0.3) is 0 Å². The molecule has 2 aromatic heterocycles. The van der Waals surface area contributed by atoms with Crippen molar-refractivity contribution in [3.63, 3.8) is 0 Å². The van der Waals surface area contributed by atoms with Crippen LogP contribution in [0.5, 0.6) is 0 Å². The Morgan fingerprint density at radius 3 is 2.31 bits per heavy atom. The zero-order valence-electron chi connectivity index (χ0n) is 18.1. The van der Waals surface area contributed by atoms with Crippen molar-refractivity contribution >= 4 is 29.3 Å². The second kappa shape index (κ2) is 8.96. The summed E-state index contributed by atoms with van der Waals surface area (Å²) in [7, 11) is 1.25. The van der Waals surface area contributed by atoms with Crippen LogP contribution >= 0.6 is 11.6 Å². The van der Waals surface area contributed by atoms with Crippen molar-refractivity contribution in [2.45, 2.75) is 33.8 Å². The van der Waals surface area contributed by atoms with E-state index in [9.17, 15) is 18.8 Å². The molecule has 168 valence electrons. The molecule has 8 nitrogen and oxygen atoms in total. The fraction of sp³-hybridized carbons (Fsp3) is 0.273. The standard InChI is InChI=1S/C22H21ClFN3O5/c1-10-16(21(29)31-5)11(2)25-18(10)19(28)13(4)32-22(30)17-12(3)26-27(20(17)23)15-8-6-14(24)7-9-15/h6-9,13,25H,1-5H3. The molecular weight excluding hydrogens is 441 g/mol. The van der Waals surface area contributed by atoms with Gasteiger partial charge in [0.15, 0.2) is 6.10 Å². The molecule has 10 heteroatoms. The van der Waals surface area contributed by atoms with Crippen LogP contribution in [0.4, 0.5) is 4.39 Å². The monoisotopic (exact) mass is 461 g/mol. The van der Waals surface area contributed by atoms with Crippen molar-refractivity contribution < 1.29 is 28.2 Å². The van der Waals surface area contributed by atoms with Gasteiger partial charge >= 0.3 is 11.9 Å². The second-order valence-corrected chi connectivity index (χ2v) is 7.53. The smallest absolute Gasteiger partial charge is 0.343 e. The summed E-state index contributed by atoms with van der Waals surface area (Å²) < 4.78 is 24.6. The minimum Gasteiger partial charge on any atom is -0.465 e. The molecule has 0 aliphatic heterocycles. The molecule has 1 atom stereocenters. The van der Waals surface area contributed by atoms with Crippen LogP contribution in [0, 0.1) is 26.6 Å². The van der Waals surface area contributed by atoms with Gasteiger partial charge in [0, 0.05) is 5.69 Å². The van der Waals surface area contributed by atoms with Crippen molar-refractivity contribution in [3.8, 4) is 5.69 Å². The van der Waals surface area contributed by atoms with E-state index >= 15 is 0 Å². The van der Waals surface area contributed by atoms with Crippen molar-refractivity contribution in [1.82, 2.24) is 14.8 Å². The molecule has 0 amide bonds. The molecule has 0 radical (unpaired) electrons. The number of Topliss-reactive ketones (excluding diaryl/α,β-unsaturated/α-hetero) is 1. The summed E-state index contributed by atoms with van der Waals surface area (Å²) >= 11 is 6.34. The number of methoxy groups -OCH3 is 1. The lowest BCUT2D eigenvalue weighted by Crippen LogP contribution is -2.25. The Labute approximate surface area is 188 Å². The minimum atomic E-state index is -1.17. The number of ether oxygens (including phenoxy) is 2. The van der Waals surface area contributed by atoms with Crippen LogP contribution in [0.2, 0.25) is 5.15 Å². The first kappa shape index (κ1) is 23.2. The van der Waals surface area contributed by atoms with Gasteiger partial charge in [-0.3, -0.25) is 4.79 Å². The number of carbonyl (C=O) groups excluding carboxylic acids is 3. The van der Waals surface area contributed by atoms with E-state index in [4.69, 9.17) is 21.1 Å². The maximum absolute atomic E-state index is 13.2. The highest BCUT2D eigenvalue weighted by molar-refractivity contribution is 6.33. The Bertz CT molecular complexity index is 1210. The number of benzene rings is 1. The van der Waals surface area contributed by atoms with Crippen LogP contribution < -0.4 is 0 Å². The number of H-pyrrole nitrogens is 1. The predicted octanol–water partition coefficient (Wildman–Crippen LogP) is 4.13. The molecule has 1 N–H and O–H groups in total. The van der Waals surface area contributed by atoms with Gasteiger partial charge in [-0.25, -0.2) is 18.7 Å². The van der Waals surface area contributed by atoms with Crippen molar-refractivity contribution in [3.05, 3.63) is 69.0 Å². The highest BCUT2D eigenvalue weighted by Gasteiger charge is 2.30. The summed E-state index contributed by atoms with van der Waals surface area (Å²) in [5.74, 6) is -2.36. The van der Waals surface area contributed by atoms with E-state index < -0.39 is 29.6 Å². The van der Waals surface area contributed by atoms with Gasteiger partial charge in [0.05, 0.1) is 29.7 Å². The Morgan fingerprint density at radius 1 is 1.09 bits per heavy atom. The average Bonchev–Trinajstić information content (AvgIpc) is 3.21. The summed E-state index contributed by atoms with van der Waals surface area (Å²) in [6.07, 6.45) is -1.17. The van der Waals surface area contributed by atoms with Crippen molar-refractivity contribution in [1.29, 1.82) is 0 Å². The van der Waals surface area contributed by atoms with Crippen molar-refractivity contribution in [2.75, 3.05) is 7.11 Å². The average molecular weight is 462 g/mol. The van der Waals surface area contributed by atoms with Gasteiger partial charge < -0.3 is 14.5 Å². The topological polar surface area (TPSA) is 103 Å². The second-order valence-electron chi connectivity index (χ2n) is 7.17. The van der Waals surface area contributed by atoms with E-state index in [1.54, 1.807) is 20.8 Å². The van der Waals surface area contributed by atoms with Crippen LogP contribution in [0.15, 0.2) is 24.3 Å². The summed E-state index contributed by atoms with van der Waals surface area (Å²) in [6, 6.07) is 5.41. The van der Waals surface area contributed by atoms with E-state index in [-0.39, 0.29) is 27.7 Å². The molecule has 32 heavy (non-hydrogen) atoms. The third kappa shape index (κ3) is 4.16. The minimum absolute atomic E-state index is 0.00900. The van der Waals surface area contributed by atoms with E-state index in [0.29, 0.717) is 16.9 Å². The van der Waals surface area contributed by atoms with Gasteiger partial charge in [-0.1, -0.05) is 11.6 Å². The quantitative estimate of drug-likeness (QED) is 0.437. The fourth-order valence-electron chi connectivity index (χ4n) is 3.37. The summed E-state index contributed by atoms with van der Waals surface area (Å²) in [5.41, 5.74) is 2.00. The number of esters is 2. The zero-order valence-corrected chi connectivity index (χ0v) is 18.8. The number of hydrogen-bond donors (Lipinski definition) is 1. The maximum atomic E-state index is 13.2. The molecule has 0 fully saturated rings. The van der Waals surface area contributed by atoms with Gasteiger partial charge in [-0.2, -0.15) is 5.10 Å². The first-order valence-corrected chi connectivity index (χ1v) is 9.98. The van der Waals surface area contributed by atoms with E-state index in [1.165, 1.54) is 43.0 Å². The molecule has 0 aliphatic rings. The van der Waals surface area contributed by atoms with Gasteiger partial charge in [0.1, 0.15) is 16.5 Å². The molecule has 0 aliphatic carbocycles. The van der Waals surface area contributed by atoms with Gasteiger partial charge in [0.2, 0.25) is 5.78 Å². The fourth-order valence-corrected chi connectivity index (χ4v) is 3.71. The Kier molecular flexibility index (Phi) is 6.50. The molecule has 1 aromatic carbocycles. The molecule has 3 aromatic rings. The number of aromatic amines is 1. The lowest BCUT2D eigenvalue weighted by atomic mass is 10.1. The van der Waals surface area contributed by atoms with E-state index in [2.05, 4.69) is 10.1 Å². The van der Waals surface area contributed by atoms with E-state index in [0.717, 1.165) is 0 Å². The third-order valence-corrected chi connectivity index (χ3v) is 5.35. The Hall–Kier alpha value is -3.46. The molecule has 0 saturated carbocycles. The normalized spacial score (nSPS) is 11.8. The highest BCUT2D eigenvalue weighted by atomic mass is 35.5. The largest absolute Gasteiger partial charge is 0.465 e. The summed E-state index contributed by atoms with van der Waals surface area (Å²) in [6.45, 7) is 6.22. The van der Waals surface area contributed by atoms with Crippen molar-refractivity contribution in [2.24, 2.45) is 0 Å². The number of hydrogen-bond acceptors (Lipinski definition) is 6. The molecule has 0 bridgehead atoms. The molecular formula is C22H21ClFN3O5. The Balaban J connectivity index is 1.84. The lowest BCUT2D eigenvalue weighted by molar-refractivity contribution is 0.0316. The van der Waals surface area contributed by atoms with E-state index in [1.807, 2.05) is 0 Å². The summed E-state index contributed by atoms with van der Waals surface area (Å²) in [5, 5.41) is 4.19. The predicted molar refractivity (Wildman–Crippen MR) is 114 cm³/mol. The lowest BCUT2D eigenvalue weighted by Gasteiger charge is -2.12. The number of rotatable bonds is 6. The highest BCUT2D eigenvalue weighted by Crippen LogP contribution is 2.26. The van der Waals surface area contributed by atoms with Crippen LogP contribution in [0.3, 0.4) is 0 Å². The molecule has 0 saturated heterocycles.